The molecule has 0 aliphatic heterocycles. The molecule has 18 heavy (non-hydrogen) atoms. The monoisotopic (exact) mass is 250 g/mol. The zero-order valence-electron chi connectivity index (χ0n) is 11.5. The minimum absolute atomic E-state index is 0.0432. The first kappa shape index (κ1) is 13.4. The molecule has 2 rings (SSSR count). The SMILES string of the molecule is COC1C(O)CC1Oc1ccccc1C(C)(C)C. The third-order valence-corrected chi connectivity index (χ3v) is 3.47. The highest BCUT2D eigenvalue weighted by molar-refractivity contribution is 5.38. The molecule has 1 fully saturated rings. The van der Waals surface area contributed by atoms with Crippen LogP contribution < -0.4 is 4.74 Å². The van der Waals surface area contributed by atoms with Gasteiger partial charge in [0.25, 0.3) is 0 Å². The molecule has 1 saturated carbocycles. The van der Waals surface area contributed by atoms with E-state index in [1.54, 1.807) is 7.11 Å². The maximum absolute atomic E-state index is 9.58. The highest BCUT2D eigenvalue weighted by Gasteiger charge is 2.42. The van der Waals surface area contributed by atoms with E-state index < -0.39 is 6.10 Å². The number of rotatable bonds is 3. The Bertz CT molecular complexity index is 408. The summed E-state index contributed by atoms with van der Waals surface area (Å²) in [5.74, 6) is 0.893. The Hall–Kier alpha value is -1.06. The third-order valence-electron chi connectivity index (χ3n) is 3.47. The number of ether oxygens (including phenoxy) is 2. The Morgan fingerprint density at radius 1 is 1.22 bits per heavy atom. The number of aliphatic hydroxyl groups excluding tert-OH is 1. The molecule has 3 atom stereocenters. The summed E-state index contributed by atoms with van der Waals surface area (Å²) in [6.07, 6.45) is -0.0231. The van der Waals surface area contributed by atoms with Crippen LogP contribution in [0.4, 0.5) is 0 Å². The van der Waals surface area contributed by atoms with E-state index in [4.69, 9.17) is 9.47 Å². The van der Waals surface area contributed by atoms with E-state index in [0.717, 1.165) is 5.75 Å². The van der Waals surface area contributed by atoms with Gasteiger partial charge < -0.3 is 14.6 Å². The van der Waals surface area contributed by atoms with Gasteiger partial charge in [-0.2, -0.15) is 0 Å². The maximum Gasteiger partial charge on any atom is 0.130 e. The molecule has 3 nitrogen and oxygen atoms in total. The van der Waals surface area contributed by atoms with E-state index in [0.29, 0.717) is 6.42 Å². The summed E-state index contributed by atoms with van der Waals surface area (Å²) < 4.78 is 11.2. The van der Waals surface area contributed by atoms with Gasteiger partial charge in [-0.15, -0.1) is 0 Å². The fourth-order valence-corrected chi connectivity index (χ4v) is 2.33. The van der Waals surface area contributed by atoms with Crippen molar-refractivity contribution in [3.05, 3.63) is 29.8 Å². The maximum atomic E-state index is 9.58. The van der Waals surface area contributed by atoms with Crippen molar-refractivity contribution in [2.45, 2.75) is 50.9 Å². The average Bonchev–Trinajstić information content (AvgIpc) is 2.28. The molecule has 0 saturated heterocycles. The van der Waals surface area contributed by atoms with E-state index >= 15 is 0 Å². The first-order valence-corrected chi connectivity index (χ1v) is 6.40. The molecule has 3 unspecified atom stereocenters. The van der Waals surface area contributed by atoms with Crippen LogP contribution in [0.3, 0.4) is 0 Å². The van der Waals surface area contributed by atoms with Crippen LogP contribution in [0.25, 0.3) is 0 Å². The van der Waals surface area contributed by atoms with Crippen molar-refractivity contribution in [3.63, 3.8) is 0 Å². The van der Waals surface area contributed by atoms with Crippen LogP contribution in [0, 0.1) is 0 Å². The van der Waals surface area contributed by atoms with Crippen molar-refractivity contribution in [1.82, 2.24) is 0 Å². The van der Waals surface area contributed by atoms with Crippen LogP contribution in [0.1, 0.15) is 32.8 Å². The topological polar surface area (TPSA) is 38.7 Å². The lowest BCUT2D eigenvalue weighted by Gasteiger charge is -2.40. The van der Waals surface area contributed by atoms with Crippen molar-refractivity contribution in [2.24, 2.45) is 0 Å². The van der Waals surface area contributed by atoms with Gasteiger partial charge in [0.1, 0.15) is 18.0 Å². The second-order valence-electron chi connectivity index (χ2n) is 5.91. The molecular formula is C15H22O3. The quantitative estimate of drug-likeness (QED) is 0.896. The molecule has 100 valence electrons. The Morgan fingerprint density at radius 3 is 2.44 bits per heavy atom. The van der Waals surface area contributed by atoms with Gasteiger partial charge in [-0.05, 0) is 17.0 Å². The highest BCUT2D eigenvalue weighted by Crippen LogP contribution is 2.35. The lowest BCUT2D eigenvalue weighted by atomic mass is 9.85. The molecule has 3 heteroatoms. The standard InChI is InChI=1S/C15H22O3/c1-15(2,3)10-7-5-6-8-12(10)18-13-9-11(16)14(13)17-4/h5-8,11,13-14,16H,9H2,1-4H3. The summed E-state index contributed by atoms with van der Waals surface area (Å²) in [5, 5.41) is 9.58. The van der Waals surface area contributed by atoms with Gasteiger partial charge in [0, 0.05) is 13.5 Å². The van der Waals surface area contributed by atoms with Gasteiger partial charge >= 0.3 is 0 Å². The average molecular weight is 250 g/mol. The van der Waals surface area contributed by atoms with Crippen LogP contribution in [-0.2, 0) is 10.2 Å². The summed E-state index contributed by atoms with van der Waals surface area (Å²) in [4.78, 5) is 0. The first-order chi connectivity index (χ1) is 8.43. The van der Waals surface area contributed by atoms with Crippen molar-refractivity contribution in [2.75, 3.05) is 7.11 Å². The fraction of sp³-hybridized carbons (Fsp3) is 0.600. The van der Waals surface area contributed by atoms with E-state index in [2.05, 4.69) is 26.8 Å². The molecule has 0 radical (unpaired) electrons. The van der Waals surface area contributed by atoms with Crippen LogP contribution in [-0.4, -0.2) is 30.5 Å². The van der Waals surface area contributed by atoms with Gasteiger partial charge in [0.15, 0.2) is 0 Å². The van der Waals surface area contributed by atoms with Gasteiger partial charge in [0.05, 0.1) is 6.10 Å². The van der Waals surface area contributed by atoms with Gasteiger partial charge in [0.2, 0.25) is 0 Å². The molecule has 0 heterocycles. The van der Waals surface area contributed by atoms with Gasteiger partial charge in [-0.1, -0.05) is 39.0 Å². The molecule has 0 bridgehead atoms. The van der Waals surface area contributed by atoms with Crippen LogP contribution in [0.2, 0.25) is 0 Å². The molecule has 0 amide bonds. The second kappa shape index (κ2) is 4.90. The molecular weight excluding hydrogens is 228 g/mol. The van der Waals surface area contributed by atoms with E-state index in [1.165, 1.54) is 5.56 Å². The Labute approximate surface area is 109 Å². The predicted octanol–water partition coefficient (Wildman–Crippen LogP) is 2.51. The highest BCUT2D eigenvalue weighted by atomic mass is 16.6. The minimum atomic E-state index is -0.401. The van der Waals surface area contributed by atoms with E-state index in [9.17, 15) is 5.11 Å². The summed E-state index contributed by atoms with van der Waals surface area (Å²) in [5.41, 5.74) is 1.22. The zero-order valence-corrected chi connectivity index (χ0v) is 11.5. The van der Waals surface area contributed by atoms with Gasteiger partial charge in [-0.3, -0.25) is 0 Å². The summed E-state index contributed by atoms with van der Waals surface area (Å²) in [6, 6.07) is 8.07. The summed E-state index contributed by atoms with van der Waals surface area (Å²) in [6.45, 7) is 6.50. The van der Waals surface area contributed by atoms with Crippen molar-refractivity contribution in [3.8, 4) is 5.75 Å². The lowest BCUT2D eigenvalue weighted by Crippen LogP contribution is -2.54. The number of hydrogen-bond donors (Lipinski definition) is 1. The first-order valence-electron chi connectivity index (χ1n) is 6.40. The number of hydrogen-bond acceptors (Lipinski definition) is 3. The summed E-state index contributed by atoms with van der Waals surface area (Å²) in [7, 11) is 1.61. The molecule has 1 aliphatic rings. The number of para-hydroxylation sites is 1. The largest absolute Gasteiger partial charge is 0.487 e. The predicted molar refractivity (Wildman–Crippen MR) is 71.0 cm³/mol. The van der Waals surface area contributed by atoms with Crippen LogP contribution in [0.5, 0.6) is 5.75 Å². The fourth-order valence-electron chi connectivity index (χ4n) is 2.33. The Kier molecular flexibility index (Phi) is 3.64. The van der Waals surface area contributed by atoms with Crippen molar-refractivity contribution < 1.29 is 14.6 Å². The smallest absolute Gasteiger partial charge is 0.130 e. The van der Waals surface area contributed by atoms with E-state index in [1.807, 2.05) is 18.2 Å². The van der Waals surface area contributed by atoms with Crippen molar-refractivity contribution in [1.29, 1.82) is 0 Å². The Balaban J connectivity index is 2.15. The molecule has 1 N–H and O–H groups in total. The number of aliphatic hydroxyl groups is 1. The number of methoxy groups -OCH3 is 1. The van der Waals surface area contributed by atoms with Crippen molar-refractivity contribution >= 4 is 0 Å². The third kappa shape index (κ3) is 2.52. The van der Waals surface area contributed by atoms with Gasteiger partial charge in [-0.25, -0.2) is 0 Å². The number of benzene rings is 1. The normalized spacial score (nSPS) is 27.7. The second-order valence-corrected chi connectivity index (χ2v) is 5.91. The molecule has 0 spiro atoms. The van der Waals surface area contributed by atoms with Crippen LogP contribution in [0.15, 0.2) is 24.3 Å². The molecule has 1 aliphatic carbocycles. The molecule has 0 aromatic heterocycles. The Morgan fingerprint density at radius 2 is 1.89 bits per heavy atom. The summed E-state index contributed by atoms with van der Waals surface area (Å²) >= 11 is 0. The zero-order chi connectivity index (χ0) is 13.3. The molecule has 1 aromatic carbocycles. The van der Waals surface area contributed by atoms with Crippen LogP contribution >= 0.6 is 0 Å². The lowest BCUT2D eigenvalue weighted by molar-refractivity contribution is -0.149. The minimum Gasteiger partial charge on any atom is -0.487 e. The van der Waals surface area contributed by atoms with E-state index in [-0.39, 0.29) is 17.6 Å². The molecule has 1 aromatic rings.